The molecule has 0 aliphatic heterocycles. The minimum Gasteiger partial charge on any atom is -0.348 e. The van der Waals surface area contributed by atoms with Crippen molar-refractivity contribution in [3.8, 4) is 0 Å². The van der Waals surface area contributed by atoms with Gasteiger partial charge in [-0.3, -0.25) is 4.79 Å². The Balaban J connectivity index is 1.88. The first-order valence-electron chi connectivity index (χ1n) is 5.99. The lowest BCUT2D eigenvalue weighted by Crippen LogP contribution is -2.20. The van der Waals surface area contributed by atoms with Gasteiger partial charge in [0.1, 0.15) is 0 Å². The van der Waals surface area contributed by atoms with E-state index in [0.717, 1.165) is 11.1 Å². The molecular formula is C16H14ClNO. The van der Waals surface area contributed by atoms with Crippen molar-refractivity contribution in [2.75, 3.05) is 0 Å². The Hall–Kier alpha value is -2.06. The molecule has 19 heavy (non-hydrogen) atoms. The molecule has 2 aromatic rings. The molecule has 0 radical (unpaired) electrons. The third-order valence-electron chi connectivity index (χ3n) is 2.59. The van der Waals surface area contributed by atoms with E-state index in [2.05, 4.69) is 5.32 Å². The van der Waals surface area contributed by atoms with Crippen LogP contribution in [0.2, 0.25) is 5.02 Å². The van der Waals surface area contributed by atoms with Crippen LogP contribution in [0.1, 0.15) is 11.1 Å². The topological polar surface area (TPSA) is 29.1 Å². The summed E-state index contributed by atoms with van der Waals surface area (Å²) >= 11 is 5.87. The van der Waals surface area contributed by atoms with Crippen molar-refractivity contribution >= 4 is 23.6 Å². The summed E-state index contributed by atoms with van der Waals surface area (Å²) in [6.45, 7) is 0.527. The van der Waals surface area contributed by atoms with Gasteiger partial charge in [0.15, 0.2) is 0 Å². The van der Waals surface area contributed by atoms with Crippen LogP contribution in [0.3, 0.4) is 0 Å². The molecule has 0 aliphatic rings. The number of hydrogen-bond donors (Lipinski definition) is 1. The second-order valence-corrected chi connectivity index (χ2v) is 4.53. The van der Waals surface area contributed by atoms with E-state index < -0.39 is 0 Å². The van der Waals surface area contributed by atoms with Crippen LogP contribution in [-0.4, -0.2) is 5.91 Å². The van der Waals surface area contributed by atoms with Gasteiger partial charge in [0.25, 0.3) is 0 Å². The van der Waals surface area contributed by atoms with Gasteiger partial charge < -0.3 is 5.32 Å². The molecule has 0 saturated heterocycles. The molecule has 1 amide bonds. The van der Waals surface area contributed by atoms with Gasteiger partial charge >= 0.3 is 0 Å². The Morgan fingerprint density at radius 3 is 2.63 bits per heavy atom. The van der Waals surface area contributed by atoms with E-state index in [1.54, 1.807) is 12.1 Å². The second kappa shape index (κ2) is 6.76. The molecule has 0 aliphatic carbocycles. The number of amides is 1. The zero-order valence-corrected chi connectivity index (χ0v) is 11.1. The highest BCUT2D eigenvalue weighted by molar-refractivity contribution is 6.30. The van der Waals surface area contributed by atoms with Crippen LogP contribution in [0, 0.1) is 0 Å². The summed E-state index contributed by atoms with van der Waals surface area (Å²) in [6, 6.07) is 17.1. The average molecular weight is 272 g/mol. The molecule has 0 bridgehead atoms. The summed E-state index contributed by atoms with van der Waals surface area (Å²) in [7, 11) is 0. The summed E-state index contributed by atoms with van der Waals surface area (Å²) < 4.78 is 0. The molecule has 1 N–H and O–H groups in total. The third-order valence-corrected chi connectivity index (χ3v) is 2.82. The molecular weight excluding hydrogens is 258 g/mol. The van der Waals surface area contributed by atoms with Crippen molar-refractivity contribution in [1.82, 2.24) is 5.32 Å². The third kappa shape index (κ3) is 4.60. The smallest absolute Gasteiger partial charge is 0.244 e. The van der Waals surface area contributed by atoms with Crippen LogP contribution in [0.5, 0.6) is 0 Å². The Labute approximate surface area is 117 Å². The van der Waals surface area contributed by atoms with Crippen molar-refractivity contribution in [2.24, 2.45) is 0 Å². The number of hydrogen-bond acceptors (Lipinski definition) is 1. The minimum atomic E-state index is -0.121. The first kappa shape index (κ1) is 13.4. The molecule has 2 aromatic carbocycles. The summed E-state index contributed by atoms with van der Waals surface area (Å²) in [5.41, 5.74) is 1.98. The monoisotopic (exact) mass is 271 g/mol. The lowest BCUT2D eigenvalue weighted by Gasteiger charge is -2.01. The molecule has 2 rings (SSSR count). The van der Waals surface area contributed by atoms with Gasteiger partial charge in [-0.05, 0) is 29.3 Å². The quantitative estimate of drug-likeness (QED) is 0.845. The van der Waals surface area contributed by atoms with Crippen LogP contribution < -0.4 is 5.32 Å². The Morgan fingerprint density at radius 2 is 1.89 bits per heavy atom. The van der Waals surface area contributed by atoms with Crippen LogP contribution in [0.25, 0.3) is 6.08 Å². The first-order chi connectivity index (χ1) is 9.24. The maximum atomic E-state index is 11.6. The summed E-state index contributed by atoms with van der Waals surface area (Å²) in [4.78, 5) is 11.6. The fraction of sp³-hybridized carbons (Fsp3) is 0.0625. The first-order valence-corrected chi connectivity index (χ1v) is 6.37. The van der Waals surface area contributed by atoms with Crippen LogP contribution in [0.15, 0.2) is 60.7 Å². The highest BCUT2D eigenvalue weighted by Gasteiger charge is 1.96. The van der Waals surface area contributed by atoms with E-state index in [1.165, 1.54) is 6.08 Å². The van der Waals surface area contributed by atoms with Gasteiger partial charge in [0, 0.05) is 17.6 Å². The predicted octanol–water partition coefficient (Wildman–Crippen LogP) is 3.67. The van der Waals surface area contributed by atoms with E-state index in [4.69, 9.17) is 11.6 Å². The van der Waals surface area contributed by atoms with Gasteiger partial charge in [-0.15, -0.1) is 0 Å². The maximum Gasteiger partial charge on any atom is 0.244 e. The Bertz CT molecular complexity index is 578. The Kier molecular flexibility index (Phi) is 4.76. The molecule has 0 atom stereocenters. The van der Waals surface area contributed by atoms with Gasteiger partial charge in [0.05, 0.1) is 0 Å². The lowest BCUT2D eigenvalue weighted by atomic mass is 10.2. The highest BCUT2D eigenvalue weighted by atomic mass is 35.5. The number of carbonyl (C=O) groups excluding carboxylic acids is 1. The number of carbonyl (C=O) groups is 1. The van der Waals surface area contributed by atoms with E-state index in [-0.39, 0.29) is 5.91 Å². The summed E-state index contributed by atoms with van der Waals surface area (Å²) in [5.74, 6) is -0.121. The fourth-order valence-corrected chi connectivity index (χ4v) is 1.82. The molecule has 0 heterocycles. The fourth-order valence-electron chi connectivity index (χ4n) is 1.63. The molecule has 0 saturated carbocycles. The zero-order valence-electron chi connectivity index (χ0n) is 10.3. The van der Waals surface area contributed by atoms with Crippen LogP contribution in [-0.2, 0) is 11.3 Å². The number of nitrogens with one attached hydrogen (secondary N) is 1. The molecule has 96 valence electrons. The number of halogens is 1. The normalized spacial score (nSPS) is 10.6. The average Bonchev–Trinajstić information content (AvgIpc) is 2.44. The molecule has 3 heteroatoms. The highest BCUT2D eigenvalue weighted by Crippen LogP contribution is 2.11. The van der Waals surface area contributed by atoms with Gasteiger partial charge in [-0.25, -0.2) is 0 Å². The van der Waals surface area contributed by atoms with Crippen molar-refractivity contribution in [1.29, 1.82) is 0 Å². The van der Waals surface area contributed by atoms with Gasteiger partial charge in [-0.1, -0.05) is 54.1 Å². The van der Waals surface area contributed by atoms with E-state index >= 15 is 0 Å². The second-order valence-electron chi connectivity index (χ2n) is 4.09. The van der Waals surface area contributed by atoms with Crippen molar-refractivity contribution in [3.05, 3.63) is 76.8 Å². The maximum absolute atomic E-state index is 11.6. The predicted molar refractivity (Wildman–Crippen MR) is 78.8 cm³/mol. The molecule has 0 unspecified atom stereocenters. The largest absolute Gasteiger partial charge is 0.348 e. The van der Waals surface area contributed by atoms with E-state index in [1.807, 2.05) is 48.5 Å². The minimum absolute atomic E-state index is 0.121. The van der Waals surface area contributed by atoms with Crippen molar-refractivity contribution < 1.29 is 4.79 Å². The molecule has 0 aromatic heterocycles. The molecule has 2 nitrogen and oxygen atoms in total. The SMILES string of the molecule is O=C(/C=C/c1cccc(Cl)c1)NCc1ccccc1. The Morgan fingerprint density at radius 1 is 1.11 bits per heavy atom. The van der Waals surface area contributed by atoms with E-state index in [9.17, 15) is 4.79 Å². The van der Waals surface area contributed by atoms with Gasteiger partial charge in [0.2, 0.25) is 5.91 Å². The van der Waals surface area contributed by atoms with Gasteiger partial charge in [-0.2, -0.15) is 0 Å². The summed E-state index contributed by atoms with van der Waals surface area (Å²) in [5, 5.41) is 3.48. The standard InChI is InChI=1S/C16H14ClNO/c17-15-8-4-7-13(11-15)9-10-16(19)18-12-14-5-2-1-3-6-14/h1-11H,12H2,(H,18,19)/b10-9+. The molecule has 0 fully saturated rings. The van der Waals surface area contributed by atoms with Crippen LogP contribution in [0.4, 0.5) is 0 Å². The van der Waals surface area contributed by atoms with Crippen molar-refractivity contribution in [2.45, 2.75) is 6.54 Å². The molecule has 0 spiro atoms. The van der Waals surface area contributed by atoms with Crippen LogP contribution >= 0.6 is 11.6 Å². The number of rotatable bonds is 4. The zero-order chi connectivity index (χ0) is 13.5. The van der Waals surface area contributed by atoms with E-state index in [0.29, 0.717) is 11.6 Å². The number of benzene rings is 2. The summed E-state index contributed by atoms with van der Waals surface area (Å²) in [6.07, 6.45) is 3.25. The van der Waals surface area contributed by atoms with Crippen molar-refractivity contribution in [3.63, 3.8) is 0 Å². The lowest BCUT2D eigenvalue weighted by molar-refractivity contribution is -0.116.